The third-order valence-corrected chi connectivity index (χ3v) is 6.23. The number of carbonyl (C=O) groups excluding carboxylic acids is 1. The number of likely N-dealkylation sites (tertiary alicyclic amines) is 1. The van der Waals surface area contributed by atoms with Crippen LogP contribution in [0.4, 0.5) is 18.0 Å². The lowest BCUT2D eigenvalue weighted by Crippen LogP contribution is -2.73. The van der Waals surface area contributed by atoms with Gasteiger partial charge in [0, 0.05) is 31.6 Å². The summed E-state index contributed by atoms with van der Waals surface area (Å²) in [5, 5.41) is 0. The molecule has 11 heteroatoms. The fourth-order valence-corrected chi connectivity index (χ4v) is 4.92. The molecule has 2 aliphatic heterocycles. The van der Waals surface area contributed by atoms with Crippen molar-refractivity contribution in [1.29, 1.82) is 0 Å². The summed E-state index contributed by atoms with van der Waals surface area (Å²) in [6.45, 7) is 6.61. The van der Waals surface area contributed by atoms with E-state index >= 15 is 0 Å². The predicted molar refractivity (Wildman–Crippen MR) is 92.1 cm³/mol. The van der Waals surface area contributed by atoms with Crippen molar-refractivity contribution >= 4 is 16.1 Å². The van der Waals surface area contributed by atoms with Crippen molar-refractivity contribution in [3.63, 3.8) is 0 Å². The fraction of sp³-hybridized carbons (Fsp3) is 0.588. The van der Waals surface area contributed by atoms with E-state index in [0.717, 1.165) is 24.3 Å². The highest BCUT2D eigenvalue weighted by Crippen LogP contribution is 2.42. The second-order valence-electron chi connectivity index (χ2n) is 8.13. The quantitative estimate of drug-likeness (QED) is 0.749. The summed E-state index contributed by atoms with van der Waals surface area (Å²) in [7, 11) is -3.81. The minimum absolute atomic E-state index is 0.111. The van der Waals surface area contributed by atoms with Gasteiger partial charge in [0.2, 0.25) is 10.0 Å². The van der Waals surface area contributed by atoms with Gasteiger partial charge < -0.3 is 14.4 Å². The van der Waals surface area contributed by atoms with Crippen LogP contribution < -0.4 is 4.74 Å². The van der Waals surface area contributed by atoms with Crippen LogP contribution >= 0.6 is 0 Å². The number of benzene rings is 1. The van der Waals surface area contributed by atoms with Crippen LogP contribution in [0.25, 0.3) is 0 Å². The molecule has 2 saturated heterocycles. The Morgan fingerprint density at radius 2 is 1.57 bits per heavy atom. The summed E-state index contributed by atoms with van der Waals surface area (Å²) in [6.07, 6.45) is -5.27. The van der Waals surface area contributed by atoms with Gasteiger partial charge in [-0.25, -0.2) is 13.2 Å². The van der Waals surface area contributed by atoms with Crippen molar-refractivity contribution < 1.29 is 35.9 Å². The highest BCUT2D eigenvalue weighted by atomic mass is 32.2. The molecule has 2 aliphatic rings. The van der Waals surface area contributed by atoms with E-state index in [1.54, 1.807) is 20.8 Å². The first-order chi connectivity index (χ1) is 12.7. The highest BCUT2D eigenvalue weighted by molar-refractivity contribution is 7.89. The summed E-state index contributed by atoms with van der Waals surface area (Å²) in [4.78, 5) is 13.4. The second kappa shape index (κ2) is 6.51. The lowest BCUT2D eigenvalue weighted by Gasteiger charge is -2.58. The number of amides is 1. The minimum Gasteiger partial charge on any atom is -0.444 e. The van der Waals surface area contributed by atoms with Crippen LogP contribution in [0.1, 0.15) is 20.8 Å². The number of hydrogen-bond acceptors (Lipinski definition) is 5. The maximum atomic E-state index is 12.6. The molecule has 0 atom stereocenters. The Bertz CT molecular complexity index is 848. The standard InChI is InChI=1S/C17H21F3N2O5S/c1-15(2,3)27-14(23)21-8-16(9-21)10-22(11-16)28(24,25)13-6-4-12(5-7-13)26-17(18,19)20/h4-7H,8-11H2,1-3H3. The summed E-state index contributed by atoms with van der Waals surface area (Å²) < 4.78 is 72.0. The van der Waals surface area contributed by atoms with Crippen LogP contribution in [-0.2, 0) is 14.8 Å². The first-order valence-corrected chi connectivity index (χ1v) is 9.97. The van der Waals surface area contributed by atoms with Crippen LogP contribution in [0, 0.1) is 5.41 Å². The first kappa shape index (κ1) is 20.7. The molecular weight excluding hydrogens is 401 g/mol. The average molecular weight is 422 g/mol. The third kappa shape index (κ3) is 4.35. The SMILES string of the molecule is CC(C)(C)OC(=O)N1CC2(C1)CN(S(=O)(=O)c1ccc(OC(F)(F)F)cc1)C2. The van der Waals surface area contributed by atoms with Crippen LogP contribution in [0.2, 0.25) is 0 Å². The largest absolute Gasteiger partial charge is 0.573 e. The molecule has 0 bridgehead atoms. The van der Waals surface area contributed by atoms with E-state index in [2.05, 4.69) is 4.74 Å². The number of sulfonamides is 1. The molecule has 1 aromatic carbocycles. The van der Waals surface area contributed by atoms with Crippen LogP contribution in [0.15, 0.2) is 29.2 Å². The topological polar surface area (TPSA) is 76.2 Å². The molecule has 1 spiro atoms. The molecule has 0 saturated carbocycles. The zero-order valence-electron chi connectivity index (χ0n) is 15.6. The monoisotopic (exact) mass is 422 g/mol. The maximum absolute atomic E-state index is 12.6. The average Bonchev–Trinajstić information content (AvgIpc) is 2.40. The fourth-order valence-electron chi connectivity index (χ4n) is 3.25. The van der Waals surface area contributed by atoms with E-state index in [-0.39, 0.29) is 23.4 Å². The molecule has 0 unspecified atom stereocenters. The van der Waals surface area contributed by atoms with Crippen molar-refractivity contribution in [3.05, 3.63) is 24.3 Å². The lowest BCUT2D eigenvalue weighted by molar-refractivity contribution is -0.274. The molecule has 1 amide bonds. The van der Waals surface area contributed by atoms with Gasteiger partial charge in [0.25, 0.3) is 0 Å². The summed E-state index contributed by atoms with van der Waals surface area (Å²) >= 11 is 0. The number of rotatable bonds is 3. The van der Waals surface area contributed by atoms with Crippen molar-refractivity contribution in [2.75, 3.05) is 26.2 Å². The van der Waals surface area contributed by atoms with Crippen LogP contribution in [-0.4, -0.2) is 61.9 Å². The smallest absolute Gasteiger partial charge is 0.444 e. The molecule has 28 heavy (non-hydrogen) atoms. The molecular formula is C17H21F3N2O5S. The second-order valence-corrected chi connectivity index (χ2v) is 10.1. The molecule has 0 aromatic heterocycles. The van der Waals surface area contributed by atoms with E-state index in [0.29, 0.717) is 13.1 Å². The van der Waals surface area contributed by atoms with E-state index in [1.807, 2.05) is 0 Å². The highest BCUT2D eigenvalue weighted by Gasteiger charge is 2.57. The number of carbonyl (C=O) groups is 1. The van der Waals surface area contributed by atoms with E-state index in [4.69, 9.17) is 4.74 Å². The van der Waals surface area contributed by atoms with Crippen molar-refractivity contribution in [1.82, 2.24) is 9.21 Å². The number of hydrogen-bond donors (Lipinski definition) is 0. The van der Waals surface area contributed by atoms with E-state index < -0.39 is 33.8 Å². The van der Waals surface area contributed by atoms with E-state index in [1.165, 1.54) is 9.21 Å². The zero-order chi connectivity index (χ0) is 21.0. The molecule has 156 valence electrons. The van der Waals surface area contributed by atoms with Crippen molar-refractivity contribution in [3.8, 4) is 5.75 Å². The number of ether oxygens (including phenoxy) is 2. The number of halogens is 3. The van der Waals surface area contributed by atoms with Gasteiger partial charge in [-0.15, -0.1) is 13.2 Å². The summed E-state index contributed by atoms with van der Waals surface area (Å²) in [5.74, 6) is -0.487. The van der Waals surface area contributed by atoms with Crippen molar-refractivity contribution in [2.45, 2.75) is 37.6 Å². The Hall–Kier alpha value is -2.01. The molecule has 2 fully saturated rings. The zero-order valence-corrected chi connectivity index (χ0v) is 16.4. The van der Waals surface area contributed by atoms with Gasteiger partial charge in [-0.1, -0.05) is 0 Å². The Labute approximate surface area is 161 Å². The van der Waals surface area contributed by atoms with Gasteiger partial charge in [-0.3, -0.25) is 0 Å². The molecule has 3 rings (SSSR count). The molecule has 0 N–H and O–H groups in total. The van der Waals surface area contributed by atoms with Gasteiger partial charge in [-0.05, 0) is 45.0 Å². The van der Waals surface area contributed by atoms with Crippen LogP contribution in [0.3, 0.4) is 0 Å². The van der Waals surface area contributed by atoms with Gasteiger partial charge in [0.05, 0.1) is 4.90 Å². The molecule has 1 aromatic rings. The van der Waals surface area contributed by atoms with E-state index in [9.17, 15) is 26.4 Å². The predicted octanol–water partition coefficient (Wildman–Crippen LogP) is 2.83. The Balaban J connectivity index is 1.56. The normalized spacial score (nSPS) is 19.7. The van der Waals surface area contributed by atoms with Gasteiger partial charge in [-0.2, -0.15) is 4.31 Å². The maximum Gasteiger partial charge on any atom is 0.573 e. The summed E-state index contributed by atoms with van der Waals surface area (Å²) in [5.41, 5.74) is -0.889. The summed E-state index contributed by atoms with van der Waals surface area (Å²) in [6, 6.07) is 4.08. The Morgan fingerprint density at radius 3 is 2.04 bits per heavy atom. The van der Waals surface area contributed by atoms with Crippen LogP contribution in [0.5, 0.6) is 5.75 Å². The molecule has 0 aliphatic carbocycles. The van der Waals surface area contributed by atoms with Gasteiger partial charge >= 0.3 is 12.5 Å². The first-order valence-electron chi connectivity index (χ1n) is 8.53. The molecule has 2 heterocycles. The number of alkyl halides is 3. The van der Waals surface area contributed by atoms with Gasteiger partial charge in [0.15, 0.2) is 0 Å². The Kier molecular flexibility index (Phi) is 4.82. The number of nitrogens with zero attached hydrogens (tertiary/aromatic N) is 2. The lowest BCUT2D eigenvalue weighted by atomic mass is 9.75. The van der Waals surface area contributed by atoms with Crippen molar-refractivity contribution in [2.24, 2.45) is 5.41 Å². The van der Waals surface area contributed by atoms with Gasteiger partial charge in [0.1, 0.15) is 11.4 Å². The minimum atomic E-state index is -4.84. The third-order valence-electron chi connectivity index (χ3n) is 4.42. The Morgan fingerprint density at radius 1 is 1.04 bits per heavy atom. The molecule has 7 nitrogen and oxygen atoms in total. The molecule has 0 radical (unpaired) electrons.